The van der Waals surface area contributed by atoms with Crippen LogP contribution in [0.25, 0.3) is 0 Å². The minimum Gasteiger partial charge on any atom is -0.480 e. The fourth-order valence-electron chi connectivity index (χ4n) is 3.78. The maximum Gasteiger partial charge on any atom is 0.156 e. The molecular weight excluding hydrogens is 318 g/mol. The van der Waals surface area contributed by atoms with E-state index < -0.39 is 0 Å². The van der Waals surface area contributed by atoms with Gasteiger partial charge < -0.3 is 9.64 Å². The number of para-hydroxylation sites is 1. The molecule has 3 aliphatic rings. The average molecular weight is 342 g/mol. The second-order valence-electron chi connectivity index (χ2n) is 6.96. The van der Waals surface area contributed by atoms with Gasteiger partial charge in [-0.3, -0.25) is 0 Å². The molecule has 1 unspecified atom stereocenters. The second kappa shape index (κ2) is 6.52. The first kappa shape index (κ1) is 16.9. The molecule has 0 bridgehead atoms. The van der Waals surface area contributed by atoms with Gasteiger partial charge in [-0.2, -0.15) is 0 Å². The molecular formula is C21H24ClNO. The minimum atomic E-state index is -0.228. The number of benzene rings is 1. The van der Waals surface area contributed by atoms with Gasteiger partial charge in [0.2, 0.25) is 0 Å². The highest BCUT2D eigenvalue weighted by atomic mass is 35.5. The number of nitrogens with zero attached hydrogens (tertiary/aromatic N) is 1. The predicted molar refractivity (Wildman–Crippen MR) is 102 cm³/mol. The molecule has 1 aromatic carbocycles. The van der Waals surface area contributed by atoms with Gasteiger partial charge in [-0.25, -0.2) is 0 Å². The van der Waals surface area contributed by atoms with Gasteiger partial charge in [0.15, 0.2) is 5.60 Å². The summed E-state index contributed by atoms with van der Waals surface area (Å²) >= 11 is 0. The van der Waals surface area contributed by atoms with Gasteiger partial charge >= 0.3 is 0 Å². The Bertz CT molecular complexity index is 728. The average Bonchev–Trinajstić information content (AvgIpc) is 2.91. The van der Waals surface area contributed by atoms with E-state index >= 15 is 0 Å². The van der Waals surface area contributed by atoms with Crippen LogP contribution in [-0.2, 0) is 6.42 Å². The molecule has 0 radical (unpaired) electrons. The molecule has 0 saturated heterocycles. The van der Waals surface area contributed by atoms with E-state index in [4.69, 9.17) is 4.74 Å². The normalized spacial score (nSPS) is 23.5. The number of rotatable bonds is 2. The van der Waals surface area contributed by atoms with Gasteiger partial charge in [0.25, 0.3) is 0 Å². The fourth-order valence-corrected chi connectivity index (χ4v) is 3.78. The highest BCUT2D eigenvalue weighted by Crippen LogP contribution is 2.45. The van der Waals surface area contributed by atoms with Crippen molar-refractivity contribution in [2.45, 2.75) is 32.3 Å². The van der Waals surface area contributed by atoms with Gasteiger partial charge in [0.1, 0.15) is 5.75 Å². The summed E-state index contributed by atoms with van der Waals surface area (Å²) in [7, 11) is 0. The third-order valence-corrected chi connectivity index (χ3v) is 4.86. The van der Waals surface area contributed by atoms with Crippen LogP contribution in [0.3, 0.4) is 0 Å². The lowest BCUT2D eigenvalue weighted by molar-refractivity contribution is 0.0939. The first-order valence-electron chi connectivity index (χ1n) is 8.39. The van der Waals surface area contributed by atoms with Crippen LogP contribution in [0, 0.1) is 0 Å². The number of hydrogen-bond acceptors (Lipinski definition) is 2. The SMILES string of the molecule is CC(C)=CCN1C=C2CC=CC=C2C2(Cc3ccccc3O2)C1.Cl. The van der Waals surface area contributed by atoms with Crippen molar-refractivity contribution in [3.8, 4) is 5.75 Å². The largest absolute Gasteiger partial charge is 0.480 e. The van der Waals surface area contributed by atoms with Crippen molar-refractivity contribution in [1.82, 2.24) is 4.90 Å². The quantitative estimate of drug-likeness (QED) is 0.714. The summed E-state index contributed by atoms with van der Waals surface area (Å²) in [5, 5.41) is 0. The molecule has 1 aromatic rings. The van der Waals surface area contributed by atoms with E-state index in [-0.39, 0.29) is 18.0 Å². The van der Waals surface area contributed by atoms with E-state index in [0.29, 0.717) is 0 Å². The van der Waals surface area contributed by atoms with E-state index in [0.717, 1.165) is 31.7 Å². The zero-order chi connectivity index (χ0) is 15.9. The van der Waals surface area contributed by atoms with Crippen LogP contribution in [0.15, 0.2) is 71.5 Å². The Morgan fingerprint density at radius 1 is 1.29 bits per heavy atom. The topological polar surface area (TPSA) is 12.5 Å². The standard InChI is InChI=1S/C21H23NO.ClH/c1-16(2)11-12-22-14-18-8-3-5-9-19(18)21(15-22)13-17-7-4-6-10-20(17)23-21;/h3-7,9-11,14H,8,12-13,15H2,1-2H3;1H. The molecule has 0 aromatic heterocycles. The fraction of sp³-hybridized carbons (Fsp3) is 0.333. The van der Waals surface area contributed by atoms with Crippen molar-refractivity contribution in [2.75, 3.05) is 13.1 Å². The van der Waals surface area contributed by atoms with Crippen molar-refractivity contribution >= 4 is 12.4 Å². The minimum absolute atomic E-state index is 0. The molecule has 2 heterocycles. The Balaban J connectivity index is 0.00000169. The maximum absolute atomic E-state index is 6.54. The van der Waals surface area contributed by atoms with Crippen LogP contribution < -0.4 is 4.74 Å². The Hall–Kier alpha value is -1.93. The number of halogens is 1. The molecule has 0 saturated carbocycles. The molecule has 1 spiro atoms. The molecule has 0 N–H and O–H groups in total. The summed E-state index contributed by atoms with van der Waals surface area (Å²) < 4.78 is 6.54. The maximum atomic E-state index is 6.54. The zero-order valence-corrected chi connectivity index (χ0v) is 15.1. The van der Waals surface area contributed by atoms with Crippen LogP contribution in [0.2, 0.25) is 0 Å². The number of allylic oxidation sites excluding steroid dienone is 4. The lowest BCUT2D eigenvalue weighted by Gasteiger charge is -2.42. The molecule has 2 aliphatic heterocycles. The third kappa shape index (κ3) is 2.91. The van der Waals surface area contributed by atoms with Crippen molar-refractivity contribution in [3.05, 3.63) is 77.1 Å². The van der Waals surface area contributed by atoms with Gasteiger partial charge in [-0.1, -0.05) is 48.1 Å². The summed E-state index contributed by atoms with van der Waals surface area (Å²) in [6.07, 6.45) is 13.2. The van der Waals surface area contributed by atoms with Crippen LogP contribution in [0.1, 0.15) is 25.8 Å². The van der Waals surface area contributed by atoms with Crippen LogP contribution >= 0.6 is 12.4 Å². The van der Waals surface area contributed by atoms with Crippen LogP contribution in [0.5, 0.6) is 5.75 Å². The van der Waals surface area contributed by atoms with Crippen LogP contribution in [-0.4, -0.2) is 23.6 Å². The summed E-state index contributed by atoms with van der Waals surface area (Å²) in [5.74, 6) is 1.05. The Kier molecular flexibility index (Phi) is 4.60. The summed E-state index contributed by atoms with van der Waals surface area (Å²) in [5.41, 5.74) is 5.22. The molecule has 0 amide bonds. The van der Waals surface area contributed by atoms with E-state index in [1.807, 2.05) is 0 Å². The lowest BCUT2D eigenvalue weighted by atomic mass is 9.79. The van der Waals surface area contributed by atoms with E-state index in [2.05, 4.69) is 73.5 Å². The van der Waals surface area contributed by atoms with E-state index in [9.17, 15) is 0 Å². The first-order valence-corrected chi connectivity index (χ1v) is 8.39. The highest BCUT2D eigenvalue weighted by Gasteiger charge is 2.46. The van der Waals surface area contributed by atoms with Gasteiger partial charge in [-0.05, 0) is 37.5 Å². The Labute approximate surface area is 150 Å². The first-order chi connectivity index (χ1) is 11.2. The summed E-state index contributed by atoms with van der Waals surface area (Å²) in [6.45, 7) is 6.17. The zero-order valence-electron chi connectivity index (χ0n) is 14.3. The molecule has 0 fully saturated rings. The van der Waals surface area contributed by atoms with Gasteiger partial charge in [-0.15, -0.1) is 12.4 Å². The van der Waals surface area contributed by atoms with E-state index in [1.54, 1.807) is 0 Å². The van der Waals surface area contributed by atoms with Crippen molar-refractivity contribution in [1.29, 1.82) is 0 Å². The number of fused-ring (bicyclic) bond motifs is 3. The highest BCUT2D eigenvalue weighted by molar-refractivity contribution is 5.85. The van der Waals surface area contributed by atoms with Gasteiger partial charge in [0, 0.05) is 24.7 Å². The Morgan fingerprint density at radius 3 is 2.92 bits per heavy atom. The monoisotopic (exact) mass is 341 g/mol. The van der Waals surface area contributed by atoms with Crippen molar-refractivity contribution in [2.24, 2.45) is 0 Å². The third-order valence-electron chi connectivity index (χ3n) is 4.86. The molecule has 4 rings (SSSR count). The van der Waals surface area contributed by atoms with Gasteiger partial charge in [0.05, 0.1) is 6.54 Å². The predicted octanol–water partition coefficient (Wildman–Crippen LogP) is 4.83. The van der Waals surface area contributed by atoms with Crippen molar-refractivity contribution in [3.63, 3.8) is 0 Å². The molecule has 1 aliphatic carbocycles. The summed E-state index contributed by atoms with van der Waals surface area (Å²) in [4.78, 5) is 2.41. The number of ether oxygens (including phenoxy) is 1. The molecule has 2 nitrogen and oxygen atoms in total. The van der Waals surface area contributed by atoms with Crippen molar-refractivity contribution < 1.29 is 4.74 Å². The summed E-state index contributed by atoms with van der Waals surface area (Å²) in [6, 6.07) is 8.47. The second-order valence-corrected chi connectivity index (χ2v) is 6.96. The molecule has 24 heavy (non-hydrogen) atoms. The van der Waals surface area contributed by atoms with Crippen LogP contribution in [0.4, 0.5) is 0 Å². The smallest absolute Gasteiger partial charge is 0.156 e. The molecule has 3 heteroatoms. The lowest BCUT2D eigenvalue weighted by Crippen LogP contribution is -2.50. The number of hydrogen-bond donors (Lipinski definition) is 0. The molecule has 126 valence electrons. The Morgan fingerprint density at radius 2 is 2.12 bits per heavy atom. The van der Waals surface area contributed by atoms with E-state index in [1.165, 1.54) is 22.3 Å². The molecule has 1 atom stereocenters.